The third-order valence-corrected chi connectivity index (χ3v) is 2.71. The summed E-state index contributed by atoms with van der Waals surface area (Å²) in [5, 5.41) is 11.0. The number of nitrogens with zero attached hydrogens (tertiary/aromatic N) is 1. The molecule has 0 saturated carbocycles. The molecule has 0 heterocycles. The molecule has 0 fully saturated rings. The number of ether oxygens (including phenoxy) is 2. The summed E-state index contributed by atoms with van der Waals surface area (Å²) in [7, 11) is 1.24. The van der Waals surface area contributed by atoms with E-state index in [0.29, 0.717) is 6.61 Å². The summed E-state index contributed by atoms with van der Waals surface area (Å²) in [4.78, 5) is 23.2. The van der Waals surface area contributed by atoms with Crippen LogP contribution in [-0.4, -0.2) is 31.6 Å². The first-order chi connectivity index (χ1) is 10.2. The number of hydrogen-bond donors (Lipinski definition) is 1. The Balaban J connectivity index is 2.36. The summed E-state index contributed by atoms with van der Waals surface area (Å²) in [5.41, 5.74) is 0.958. The monoisotopic (exact) mass is 290 g/mol. The molecule has 0 unspecified atom stereocenters. The van der Waals surface area contributed by atoms with Crippen molar-refractivity contribution in [3.05, 3.63) is 35.9 Å². The smallest absolute Gasteiger partial charge is 0.328 e. The van der Waals surface area contributed by atoms with Crippen molar-refractivity contribution in [1.29, 1.82) is 5.26 Å². The third kappa shape index (κ3) is 6.54. The number of esters is 1. The number of nitriles is 1. The van der Waals surface area contributed by atoms with Gasteiger partial charge in [0.25, 0.3) is 0 Å². The number of hydrogen-bond acceptors (Lipinski definition) is 5. The topological polar surface area (TPSA) is 88.4 Å². The summed E-state index contributed by atoms with van der Waals surface area (Å²) in [6.45, 7) is 0.157. The third-order valence-electron chi connectivity index (χ3n) is 2.71. The van der Waals surface area contributed by atoms with Gasteiger partial charge in [-0.15, -0.1) is 0 Å². The molecular formula is C15H18N2O4. The highest BCUT2D eigenvalue weighted by Crippen LogP contribution is 2.01. The number of rotatable bonds is 8. The SMILES string of the molecule is COC(=O)[C@@H](CCC#N)NC(=O)COCc1ccccc1. The van der Waals surface area contributed by atoms with E-state index in [1.807, 2.05) is 36.4 Å². The van der Waals surface area contributed by atoms with Gasteiger partial charge < -0.3 is 14.8 Å². The molecule has 0 aliphatic carbocycles. The van der Waals surface area contributed by atoms with Crippen molar-refractivity contribution >= 4 is 11.9 Å². The molecule has 1 N–H and O–H groups in total. The Labute approximate surface area is 123 Å². The first-order valence-corrected chi connectivity index (χ1v) is 6.53. The van der Waals surface area contributed by atoms with E-state index in [1.165, 1.54) is 7.11 Å². The van der Waals surface area contributed by atoms with Gasteiger partial charge in [-0.3, -0.25) is 4.79 Å². The van der Waals surface area contributed by atoms with Crippen LogP contribution in [0.15, 0.2) is 30.3 Å². The number of amides is 1. The fourth-order valence-corrected chi connectivity index (χ4v) is 1.67. The van der Waals surface area contributed by atoms with E-state index in [-0.39, 0.29) is 19.4 Å². The first-order valence-electron chi connectivity index (χ1n) is 6.53. The number of methoxy groups -OCH3 is 1. The summed E-state index contributed by atoms with van der Waals surface area (Å²) >= 11 is 0. The van der Waals surface area contributed by atoms with Crippen molar-refractivity contribution in [3.8, 4) is 6.07 Å². The Kier molecular flexibility index (Phi) is 7.54. The zero-order valence-electron chi connectivity index (χ0n) is 11.9. The lowest BCUT2D eigenvalue weighted by Gasteiger charge is -2.15. The van der Waals surface area contributed by atoms with Crippen LogP contribution in [0.25, 0.3) is 0 Å². The average Bonchev–Trinajstić information content (AvgIpc) is 2.51. The highest BCUT2D eigenvalue weighted by molar-refractivity contribution is 5.85. The molecule has 112 valence electrons. The zero-order valence-corrected chi connectivity index (χ0v) is 11.9. The standard InChI is InChI=1S/C15H18N2O4/c1-20-15(19)13(8-5-9-16)17-14(18)11-21-10-12-6-3-2-4-7-12/h2-4,6-7,13H,5,8,10-11H2,1H3,(H,17,18)/t13-/m1/s1. The molecule has 0 radical (unpaired) electrons. The van der Waals surface area contributed by atoms with Crippen LogP contribution in [0, 0.1) is 11.3 Å². The molecule has 0 bridgehead atoms. The molecule has 0 aliphatic heterocycles. The molecule has 0 saturated heterocycles. The molecule has 1 aromatic carbocycles. The van der Waals surface area contributed by atoms with Crippen LogP contribution < -0.4 is 5.32 Å². The van der Waals surface area contributed by atoms with Gasteiger partial charge in [-0.25, -0.2) is 4.79 Å². The summed E-state index contributed by atoms with van der Waals surface area (Å²) in [6.07, 6.45) is 0.374. The van der Waals surface area contributed by atoms with Gasteiger partial charge >= 0.3 is 5.97 Å². The predicted octanol–water partition coefficient (Wildman–Crippen LogP) is 1.16. The second-order valence-electron chi connectivity index (χ2n) is 4.32. The van der Waals surface area contributed by atoms with Crippen molar-refractivity contribution in [2.45, 2.75) is 25.5 Å². The van der Waals surface area contributed by atoms with Gasteiger partial charge in [0.05, 0.1) is 19.8 Å². The quantitative estimate of drug-likeness (QED) is 0.726. The molecule has 6 heteroatoms. The Morgan fingerprint density at radius 1 is 1.33 bits per heavy atom. The molecule has 0 aliphatic rings. The van der Waals surface area contributed by atoms with Gasteiger partial charge in [-0.05, 0) is 12.0 Å². The average molecular weight is 290 g/mol. The lowest BCUT2D eigenvalue weighted by Crippen LogP contribution is -2.43. The molecule has 1 amide bonds. The molecule has 0 aromatic heterocycles. The van der Waals surface area contributed by atoms with Gasteiger partial charge in [0.15, 0.2) is 0 Å². The van der Waals surface area contributed by atoms with Crippen LogP contribution in [0.4, 0.5) is 0 Å². The normalized spacial score (nSPS) is 11.2. The van der Waals surface area contributed by atoms with E-state index < -0.39 is 17.9 Å². The van der Waals surface area contributed by atoms with Crippen molar-refractivity contribution in [1.82, 2.24) is 5.32 Å². The summed E-state index contributed by atoms with van der Waals surface area (Å²) < 4.78 is 9.85. The van der Waals surface area contributed by atoms with Crippen LogP contribution in [-0.2, 0) is 25.7 Å². The Hall–Kier alpha value is -2.39. The van der Waals surface area contributed by atoms with Gasteiger partial charge in [0.1, 0.15) is 12.6 Å². The van der Waals surface area contributed by atoms with Crippen molar-refractivity contribution in [3.63, 3.8) is 0 Å². The van der Waals surface area contributed by atoms with E-state index in [1.54, 1.807) is 0 Å². The minimum Gasteiger partial charge on any atom is -0.467 e. The number of carbonyl (C=O) groups is 2. The predicted molar refractivity (Wildman–Crippen MR) is 74.9 cm³/mol. The number of carbonyl (C=O) groups excluding carboxylic acids is 2. The zero-order chi connectivity index (χ0) is 15.5. The van der Waals surface area contributed by atoms with E-state index in [9.17, 15) is 9.59 Å². The maximum atomic E-state index is 11.7. The maximum Gasteiger partial charge on any atom is 0.328 e. The van der Waals surface area contributed by atoms with Gasteiger partial charge in [-0.2, -0.15) is 5.26 Å². The van der Waals surface area contributed by atoms with Crippen LogP contribution in [0.5, 0.6) is 0 Å². The van der Waals surface area contributed by atoms with Gasteiger partial charge in [0, 0.05) is 6.42 Å². The fourth-order valence-electron chi connectivity index (χ4n) is 1.67. The van der Waals surface area contributed by atoms with Gasteiger partial charge in [-0.1, -0.05) is 30.3 Å². The van der Waals surface area contributed by atoms with E-state index in [4.69, 9.17) is 10.00 Å². The summed E-state index contributed by atoms with van der Waals surface area (Å²) in [6, 6.07) is 10.6. The first kappa shape index (κ1) is 16.7. The Morgan fingerprint density at radius 2 is 2.05 bits per heavy atom. The minimum atomic E-state index is -0.817. The molecule has 6 nitrogen and oxygen atoms in total. The van der Waals surface area contributed by atoms with Crippen molar-refractivity contribution in [2.24, 2.45) is 0 Å². The molecule has 0 spiro atoms. The fraction of sp³-hybridized carbons (Fsp3) is 0.400. The molecule has 21 heavy (non-hydrogen) atoms. The largest absolute Gasteiger partial charge is 0.467 e. The van der Waals surface area contributed by atoms with E-state index >= 15 is 0 Å². The minimum absolute atomic E-state index is 0.158. The van der Waals surface area contributed by atoms with Crippen LogP contribution in [0.1, 0.15) is 18.4 Å². The lowest BCUT2D eigenvalue weighted by atomic mass is 10.1. The van der Waals surface area contributed by atoms with Crippen molar-refractivity contribution in [2.75, 3.05) is 13.7 Å². The molecule has 1 atom stereocenters. The molecular weight excluding hydrogens is 272 g/mol. The molecule has 1 rings (SSSR count). The number of nitrogens with one attached hydrogen (secondary N) is 1. The van der Waals surface area contributed by atoms with Crippen LogP contribution in [0.3, 0.4) is 0 Å². The maximum absolute atomic E-state index is 11.7. The molecule has 1 aromatic rings. The second-order valence-corrected chi connectivity index (χ2v) is 4.32. The van der Waals surface area contributed by atoms with Crippen LogP contribution >= 0.6 is 0 Å². The van der Waals surface area contributed by atoms with Crippen molar-refractivity contribution < 1.29 is 19.1 Å². The van der Waals surface area contributed by atoms with E-state index in [0.717, 1.165) is 5.56 Å². The highest BCUT2D eigenvalue weighted by Gasteiger charge is 2.20. The van der Waals surface area contributed by atoms with Crippen LogP contribution in [0.2, 0.25) is 0 Å². The Bertz CT molecular complexity index is 496. The summed E-state index contributed by atoms with van der Waals surface area (Å²) in [5.74, 6) is -0.985. The number of benzene rings is 1. The van der Waals surface area contributed by atoms with Gasteiger partial charge in [0.2, 0.25) is 5.91 Å². The highest BCUT2D eigenvalue weighted by atomic mass is 16.5. The van der Waals surface area contributed by atoms with E-state index in [2.05, 4.69) is 10.1 Å². The second kappa shape index (κ2) is 9.50. The lowest BCUT2D eigenvalue weighted by molar-refractivity contribution is -0.145. The Morgan fingerprint density at radius 3 is 2.67 bits per heavy atom.